The standard InChI is InChI=1S/C34H34N6O4/c1-5-37(6-2)25-13-9-23(10-14-25)35-39(43)27-17-19-29-31(21-27)33(41)30-20-18-28(22-32(30)34(29)42)40(44)36-24-11-15-26(16-12-24)38(7-3)8-4/h9-22H,5-8H2,1-4H3. The summed E-state index contributed by atoms with van der Waals surface area (Å²) in [6.45, 7) is 11.7. The molecule has 44 heavy (non-hydrogen) atoms. The summed E-state index contributed by atoms with van der Waals surface area (Å²) in [6.07, 6.45) is 0. The van der Waals surface area contributed by atoms with E-state index in [0.29, 0.717) is 21.1 Å². The second kappa shape index (κ2) is 12.9. The van der Waals surface area contributed by atoms with Crippen LogP contribution in [0.2, 0.25) is 0 Å². The number of hydrogen-bond donors (Lipinski definition) is 0. The van der Waals surface area contributed by atoms with Crippen molar-refractivity contribution in [3.05, 3.63) is 118 Å². The molecular weight excluding hydrogens is 556 g/mol. The van der Waals surface area contributed by atoms with Gasteiger partial charge in [-0.3, -0.25) is 9.59 Å². The van der Waals surface area contributed by atoms with Gasteiger partial charge in [0.15, 0.2) is 11.6 Å². The first-order valence-electron chi connectivity index (χ1n) is 14.7. The molecule has 10 heteroatoms. The van der Waals surface area contributed by atoms with Gasteiger partial charge in [-0.2, -0.15) is 0 Å². The number of rotatable bonds is 10. The van der Waals surface area contributed by atoms with Gasteiger partial charge in [0.05, 0.1) is 0 Å². The molecule has 224 valence electrons. The molecule has 0 atom stereocenters. The summed E-state index contributed by atoms with van der Waals surface area (Å²) in [6, 6.07) is 23.2. The summed E-state index contributed by atoms with van der Waals surface area (Å²) < 4.78 is 0. The second-order valence-corrected chi connectivity index (χ2v) is 10.2. The Hall–Kier alpha value is -5.38. The Morgan fingerprint density at radius 2 is 0.864 bits per heavy atom. The summed E-state index contributed by atoms with van der Waals surface area (Å²) in [5, 5.41) is 34.0. The van der Waals surface area contributed by atoms with Crippen LogP contribution >= 0.6 is 0 Å². The molecule has 0 fully saturated rings. The molecule has 0 amide bonds. The van der Waals surface area contributed by atoms with Gasteiger partial charge >= 0.3 is 0 Å². The van der Waals surface area contributed by atoms with Gasteiger partial charge in [-0.25, -0.2) is 0 Å². The van der Waals surface area contributed by atoms with Crippen molar-refractivity contribution in [2.75, 3.05) is 36.0 Å². The summed E-state index contributed by atoms with van der Waals surface area (Å²) in [4.78, 5) is 32.1. The van der Waals surface area contributed by atoms with Crippen molar-refractivity contribution in [1.29, 1.82) is 0 Å². The first-order valence-corrected chi connectivity index (χ1v) is 14.7. The molecule has 0 radical (unpaired) electrons. The molecule has 4 aromatic carbocycles. The van der Waals surface area contributed by atoms with Crippen molar-refractivity contribution in [3.63, 3.8) is 0 Å². The highest BCUT2D eigenvalue weighted by Gasteiger charge is 2.32. The Labute approximate surface area is 256 Å². The van der Waals surface area contributed by atoms with Crippen LogP contribution in [0.25, 0.3) is 0 Å². The van der Waals surface area contributed by atoms with E-state index in [9.17, 15) is 20.0 Å². The van der Waals surface area contributed by atoms with Gasteiger partial charge in [0.1, 0.15) is 11.4 Å². The molecule has 0 bridgehead atoms. The fourth-order valence-corrected chi connectivity index (χ4v) is 5.33. The zero-order valence-corrected chi connectivity index (χ0v) is 25.2. The highest BCUT2D eigenvalue weighted by Crippen LogP contribution is 2.33. The minimum Gasteiger partial charge on any atom is -0.594 e. The molecule has 0 saturated carbocycles. The van der Waals surface area contributed by atoms with Gasteiger partial charge in [0.2, 0.25) is 11.4 Å². The Bertz CT molecular complexity index is 1620. The van der Waals surface area contributed by atoms with Crippen LogP contribution in [0.1, 0.15) is 59.5 Å². The molecule has 0 unspecified atom stereocenters. The van der Waals surface area contributed by atoms with Gasteiger partial charge in [0, 0.05) is 94.3 Å². The fraction of sp³-hybridized carbons (Fsp3) is 0.235. The largest absolute Gasteiger partial charge is 0.594 e. The number of fused-ring (bicyclic) bond motifs is 2. The molecule has 0 heterocycles. The summed E-state index contributed by atoms with van der Waals surface area (Å²) in [7, 11) is 0. The van der Waals surface area contributed by atoms with E-state index in [1.54, 1.807) is 24.3 Å². The lowest BCUT2D eigenvalue weighted by Gasteiger charge is -2.20. The van der Waals surface area contributed by atoms with E-state index in [0.717, 1.165) is 37.6 Å². The maximum Gasteiger partial charge on any atom is 0.245 e. The van der Waals surface area contributed by atoms with Crippen molar-refractivity contribution in [2.45, 2.75) is 27.7 Å². The van der Waals surface area contributed by atoms with Crippen LogP contribution in [0.5, 0.6) is 0 Å². The number of hydrogen-bond acceptors (Lipinski definition) is 8. The second-order valence-electron chi connectivity index (χ2n) is 10.2. The molecule has 1 aliphatic rings. The Balaban J connectivity index is 1.38. The predicted octanol–water partition coefficient (Wildman–Crippen LogP) is 8.01. The van der Waals surface area contributed by atoms with E-state index in [1.807, 2.05) is 24.3 Å². The van der Waals surface area contributed by atoms with Crippen LogP contribution in [0.3, 0.4) is 0 Å². The Morgan fingerprint density at radius 1 is 0.523 bits per heavy atom. The topological polar surface area (TPSA) is 117 Å². The third kappa shape index (κ3) is 5.92. The molecule has 1 aliphatic carbocycles. The Kier molecular flexibility index (Phi) is 8.80. The number of anilines is 2. The summed E-state index contributed by atoms with van der Waals surface area (Å²) in [5.74, 6) is -0.831. The maximum atomic E-state index is 13.4. The van der Waals surface area contributed by atoms with Crippen LogP contribution in [0.4, 0.5) is 34.1 Å². The van der Waals surface area contributed by atoms with Gasteiger partial charge in [-0.15, -0.1) is 0 Å². The van der Waals surface area contributed by atoms with Crippen LogP contribution in [0.15, 0.2) is 95.2 Å². The van der Waals surface area contributed by atoms with Crippen molar-refractivity contribution in [2.24, 2.45) is 10.2 Å². The number of carbonyl (C=O) groups is 2. The lowest BCUT2D eigenvalue weighted by Crippen LogP contribution is -2.21. The summed E-state index contributed by atoms with van der Waals surface area (Å²) >= 11 is 0. The van der Waals surface area contributed by atoms with Crippen LogP contribution in [0, 0.1) is 10.4 Å². The van der Waals surface area contributed by atoms with Crippen LogP contribution in [-0.2, 0) is 0 Å². The lowest BCUT2D eigenvalue weighted by atomic mass is 9.83. The first-order chi connectivity index (χ1) is 21.3. The van der Waals surface area contributed by atoms with Crippen molar-refractivity contribution >= 4 is 45.7 Å². The molecule has 0 saturated heterocycles. The summed E-state index contributed by atoms with van der Waals surface area (Å²) in [5.41, 5.74) is 3.75. The number of azo groups is 2. The van der Waals surface area contributed by atoms with Gasteiger partial charge in [0.25, 0.3) is 0 Å². The van der Waals surface area contributed by atoms with Gasteiger partial charge < -0.3 is 20.2 Å². The minimum atomic E-state index is -0.415. The third-order valence-electron chi connectivity index (χ3n) is 7.80. The van der Waals surface area contributed by atoms with E-state index < -0.39 is 11.6 Å². The average molecular weight is 591 g/mol. The van der Waals surface area contributed by atoms with E-state index in [1.165, 1.54) is 36.4 Å². The molecule has 5 rings (SSSR count). The molecule has 0 spiro atoms. The zero-order valence-electron chi connectivity index (χ0n) is 25.2. The highest BCUT2D eigenvalue weighted by molar-refractivity contribution is 6.28. The Morgan fingerprint density at radius 3 is 1.18 bits per heavy atom. The molecule has 0 N–H and O–H groups in total. The zero-order chi connectivity index (χ0) is 31.4. The van der Waals surface area contributed by atoms with Crippen molar-refractivity contribution < 1.29 is 19.3 Å². The van der Waals surface area contributed by atoms with E-state index in [4.69, 9.17) is 0 Å². The van der Waals surface area contributed by atoms with E-state index in [2.05, 4.69) is 47.7 Å². The van der Waals surface area contributed by atoms with Gasteiger partial charge in [-0.05, 0) is 88.4 Å². The van der Waals surface area contributed by atoms with Crippen LogP contribution in [-0.4, -0.2) is 47.5 Å². The highest BCUT2D eigenvalue weighted by atomic mass is 16.5. The smallest absolute Gasteiger partial charge is 0.245 e. The van der Waals surface area contributed by atoms with E-state index >= 15 is 0 Å². The van der Waals surface area contributed by atoms with Crippen LogP contribution < -0.4 is 9.80 Å². The van der Waals surface area contributed by atoms with Crippen molar-refractivity contribution in [1.82, 2.24) is 0 Å². The predicted molar refractivity (Wildman–Crippen MR) is 171 cm³/mol. The molecular formula is C34H34N6O4. The monoisotopic (exact) mass is 590 g/mol. The lowest BCUT2D eigenvalue weighted by molar-refractivity contribution is -0.435. The number of ketones is 2. The van der Waals surface area contributed by atoms with Gasteiger partial charge in [-0.1, -0.05) is 9.72 Å². The number of nitrogens with zero attached hydrogens (tertiary/aromatic N) is 6. The molecule has 4 aromatic rings. The third-order valence-corrected chi connectivity index (χ3v) is 7.80. The maximum absolute atomic E-state index is 13.4. The minimum absolute atomic E-state index is 0.109. The number of benzene rings is 4. The van der Waals surface area contributed by atoms with Crippen molar-refractivity contribution in [3.8, 4) is 0 Å². The molecule has 0 aromatic heterocycles. The fourth-order valence-electron chi connectivity index (χ4n) is 5.33. The van der Waals surface area contributed by atoms with E-state index in [-0.39, 0.29) is 33.6 Å². The molecule has 0 aliphatic heterocycles. The quantitative estimate of drug-likeness (QED) is 0.0924. The normalized spacial score (nSPS) is 13.0. The average Bonchev–Trinajstić information content (AvgIpc) is 3.05. The number of carbonyl (C=O) groups excluding carboxylic acids is 2. The molecule has 10 nitrogen and oxygen atoms in total. The SMILES string of the molecule is CCN(CC)c1ccc(N=[N+]([O-])c2ccc3c(c2)C(=O)c2ccc([N+]([O-])=Nc4ccc(N(CC)CC)cc4)cc2C3=O)cc1. The first kappa shape index (κ1) is 30.1.